The zero-order valence-corrected chi connectivity index (χ0v) is 13.4. The van der Waals surface area contributed by atoms with Crippen LogP contribution in [0.2, 0.25) is 0 Å². The van der Waals surface area contributed by atoms with E-state index in [0.29, 0.717) is 18.4 Å². The second-order valence-corrected chi connectivity index (χ2v) is 5.89. The fourth-order valence-electron chi connectivity index (χ4n) is 1.40. The molecule has 0 amide bonds. The molecule has 1 unspecified atom stereocenters. The van der Waals surface area contributed by atoms with E-state index in [2.05, 4.69) is 5.32 Å². The molecule has 6 nitrogen and oxygen atoms in total. The lowest BCUT2D eigenvalue weighted by molar-refractivity contribution is -0.192. The van der Waals surface area contributed by atoms with E-state index < -0.39 is 18.2 Å². The molecule has 0 bridgehead atoms. The Kier molecular flexibility index (Phi) is 7.88. The summed E-state index contributed by atoms with van der Waals surface area (Å²) in [5.74, 6) is -2.83. The number of phenolic OH excluding ortho intramolecular Hbond substituents is 1. The van der Waals surface area contributed by atoms with Crippen molar-refractivity contribution in [2.45, 2.75) is 38.6 Å². The summed E-state index contributed by atoms with van der Waals surface area (Å²) in [5.41, 5.74) is 0.727. The van der Waals surface area contributed by atoms with Gasteiger partial charge in [-0.3, -0.25) is 4.79 Å². The van der Waals surface area contributed by atoms with Crippen LogP contribution in [0.25, 0.3) is 0 Å². The summed E-state index contributed by atoms with van der Waals surface area (Å²) in [5, 5.41) is 29.6. The Morgan fingerprint density at radius 1 is 1.29 bits per heavy atom. The number of hydrogen-bond donors (Lipinski definition) is 4. The molecule has 0 spiro atoms. The summed E-state index contributed by atoms with van der Waals surface area (Å²) in [6.07, 6.45) is -5.21. The average molecular weight is 351 g/mol. The summed E-state index contributed by atoms with van der Waals surface area (Å²) < 4.78 is 31.7. The number of aliphatic hydroxyl groups is 1. The van der Waals surface area contributed by atoms with Crippen LogP contribution in [0.5, 0.6) is 5.75 Å². The lowest BCUT2D eigenvalue weighted by Gasteiger charge is -2.23. The summed E-state index contributed by atoms with van der Waals surface area (Å²) in [6, 6.07) is 4.52. The quantitative estimate of drug-likeness (QED) is 0.620. The number of aliphatic hydroxyl groups excluding tert-OH is 1. The van der Waals surface area contributed by atoms with Crippen LogP contribution in [-0.4, -0.2) is 45.8 Å². The number of rotatable bonds is 4. The number of alkyl halides is 3. The third-order valence-corrected chi connectivity index (χ3v) is 2.63. The molecule has 0 radical (unpaired) electrons. The molecular formula is C15H20F3NO5. The van der Waals surface area contributed by atoms with E-state index in [0.717, 1.165) is 0 Å². The molecule has 0 saturated heterocycles. The molecule has 1 aromatic rings. The van der Waals surface area contributed by atoms with Crippen molar-refractivity contribution in [3.05, 3.63) is 29.3 Å². The van der Waals surface area contributed by atoms with Gasteiger partial charge in [-0.25, -0.2) is 4.79 Å². The zero-order chi connectivity index (χ0) is 19.1. The van der Waals surface area contributed by atoms with Crippen LogP contribution in [0.15, 0.2) is 18.2 Å². The molecule has 0 heterocycles. The summed E-state index contributed by atoms with van der Waals surface area (Å²) in [6.45, 7) is 6.42. The van der Waals surface area contributed by atoms with Gasteiger partial charge in [-0.1, -0.05) is 6.07 Å². The lowest BCUT2D eigenvalue weighted by atomic mass is 10.0. The van der Waals surface area contributed by atoms with E-state index in [1.807, 2.05) is 20.8 Å². The highest BCUT2D eigenvalue weighted by molar-refractivity contribution is 5.79. The van der Waals surface area contributed by atoms with Crippen LogP contribution in [0, 0.1) is 0 Å². The van der Waals surface area contributed by atoms with Gasteiger partial charge >= 0.3 is 12.1 Å². The van der Waals surface area contributed by atoms with E-state index in [1.54, 1.807) is 6.07 Å². The Hall–Kier alpha value is -2.13. The van der Waals surface area contributed by atoms with Crippen LogP contribution in [0.1, 0.15) is 42.8 Å². The molecule has 0 saturated carbocycles. The van der Waals surface area contributed by atoms with Gasteiger partial charge in [0.05, 0.1) is 11.7 Å². The maximum atomic E-state index is 10.7. The molecule has 4 N–H and O–H groups in total. The maximum Gasteiger partial charge on any atom is 0.490 e. The molecular weight excluding hydrogens is 331 g/mol. The first-order valence-electron chi connectivity index (χ1n) is 6.79. The number of β-amino-alcohol motifs (C(OH)–C–C–N with tert-alkyl or cyclic N) is 1. The normalized spacial score (nSPS) is 12.8. The van der Waals surface area contributed by atoms with Crippen molar-refractivity contribution in [1.82, 2.24) is 5.32 Å². The number of aldehydes is 1. The predicted molar refractivity (Wildman–Crippen MR) is 79.9 cm³/mol. The lowest BCUT2D eigenvalue weighted by Crippen LogP contribution is -2.38. The molecule has 0 aliphatic heterocycles. The van der Waals surface area contributed by atoms with Gasteiger partial charge in [0.2, 0.25) is 0 Å². The molecule has 0 aliphatic rings. The minimum atomic E-state index is -5.08. The van der Waals surface area contributed by atoms with Gasteiger partial charge in [0.15, 0.2) is 6.29 Å². The molecule has 1 aromatic carbocycles. The van der Waals surface area contributed by atoms with E-state index in [4.69, 9.17) is 9.90 Å². The van der Waals surface area contributed by atoms with Crippen molar-refractivity contribution in [3.8, 4) is 5.75 Å². The Bertz CT molecular complexity index is 567. The van der Waals surface area contributed by atoms with Crippen LogP contribution in [-0.2, 0) is 4.79 Å². The molecule has 0 aromatic heterocycles. The van der Waals surface area contributed by atoms with Crippen molar-refractivity contribution in [2.75, 3.05) is 6.54 Å². The highest BCUT2D eigenvalue weighted by Gasteiger charge is 2.38. The minimum Gasteiger partial charge on any atom is -0.507 e. The number of carboxylic acids is 1. The molecule has 0 aliphatic carbocycles. The van der Waals surface area contributed by atoms with Crippen molar-refractivity contribution >= 4 is 12.3 Å². The van der Waals surface area contributed by atoms with Crippen molar-refractivity contribution < 1.29 is 38.1 Å². The van der Waals surface area contributed by atoms with Gasteiger partial charge in [0.1, 0.15) is 5.75 Å². The Morgan fingerprint density at radius 3 is 2.17 bits per heavy atom. The molecule has 136 valence electrons. The van der Waals surface area contributed by atoms with Gasteiger partial charge in [-0.05, 0) is 38.5 Å². The Morgan fingerprint density at radius 2 is 1.79 bits per heavy atom. The van der Waals surface area contributed by atoms with Crippen molar-refractivity contribution in [2.24, 2.45) is 0 Å². The topological polar surface area (TPSA) is 107 Å². The van der Waals surface area contributed by atoms with Gasteiger partial charge in [0.25, 0.3) is 0 Å². The molecule has 9 heteroatoms. The first-order valence-corrected chi connectivity index (χ1v) is 6.79. The first-order chi connectivity index (χ1) is 10.8. The molecule has 1 rings (SSSR count). The number of benzene rings is 1. The summed E-state index contributed by atoms with van der Waals surface area (Å²) in [4.78, 5) is 19.6. The number of carboxylic acid groups (broad SMARTS) is 1. The Balaban J connectivity index is 0.000000640. The van der Waals surface area contributed by atoms with Crippen LogP contribution < -0.4 is 5.32 Å². The number of hydrogen-bond acceptors (Lipinski definition) is 5. The molecule has 0 fully saturated rings. The largest absolute Gasteiger partial charge is 0.507 e. The van der Waals surface area contributed by atoms with Gasteiger partial charge in [-0.2, -0.15) is 13.2 Å². The average Bonchev–Trinajstić information content (AvgIpc) is 2.44. The van der Waals surface area contributed by atoms with Crippen LogP contribution in [0.3, 0.4) is 0 Å². The number of phenols is 1. The molecule has 1 atom stereocenters. The number of nitrogens with one attached hydrogen (secondary N) is 1. The van der Waals surface area contributed by atoms with E-state index in [-0.39, 0.29) is 16.9 Å². The summed E-state index contributed by atoms with van der Waals surface area (Å²) in [7, 11) is 0. The minimum absolute atomic E-state index is 0.0697. The highest BCUT2D eigenvalue weighted by Crippen LogP contribution is 2.21. The monoisotopic (exact) mass is 351 g/mol. The smallest absolute Gasteiger partial charge is 0.490 e. The van der Waals surface area contributed by atoms with Crippen molar-refractivity contribution in [3.63, 3.8) is 0 Å². The molecule has 24 heavy (non-hydrogen) atoms. The van der Waals surface area contributed by atoms with Gasteiger partial charge in [0, 0.05) is 12.1 Å². The standard InChI is InChI=1S/C13H19NO3.C2HF3O2/c1-13(2,3)14-7-12(17)9-4-5-11(16)10(6-9)8-15;3-2(4,5)1(6)7/h4-6,8,12,14,16-17H,7H2,1-3H3;(H,6,7). The van der Waals surface area contributed by atoms with Crippen LogP contribution >= 0.6 is 0 Å². The highest BCUT2D eigenvalue weighted by atomic mass is 19.4. The second-order valence-electron chi connectivity index (χ2n) is 5.89. The summed E-state index contributed by atoms with van der Waals surface area (Å²) >= 11 is 0. The Labute approximate surface area is 136 Å². The van der Waals surface area contributed by atoms with Crippen molar-refractivity contribution in [1.29, 1.82) is 0 Å². The number of aliphatic carboxylic acids is 1. The van der Waals surface area contributed by atoms with Gasteiger partial charge in [-0.15, -0.1) is 0 Å². The van der Waals surface area contributed by atoms with E-state index in [9.17, 15) is 28.2 Å². The second kappa shape index (κ2) is 8.65. The number of halogens is 3. The first kappa shape index (κ1) is 21.9. The zero-order valence-electron chi connectivity index (χ0n) is 13.4. The predicted octanol–water partition coefficient (Wildman–Crippen LogP) is 2.26. The van der Waals surface area contributed by atoms with E-state index in [1.165, 1.54) is 12.1 Å². The van der Waals surface area contributed by atoms with Gasteiger partial charge < -0.3 is 20.6 Å². The van der Waals surface area contributed by atoms with E-state index >= 15 is 0 Å². The fraction of sp³-hybridized carbons (Fsp3) is 0.467. The number of carbonyl (C=O) groups is 2. The third-order valence-electron chi connectivity index (χ3n) is 2.63. The fourth-order valence-corrected chi connectivity index (χ4v) is 1.40. The van der Waals surface area contributed by atoms with Crippen LogP contribution in [0.4, 0.5) is 13.2 Å². The maximum absolute atomic E-state index is 10.7. The number of carbonyl (C=O) groups excluding carboxylic acids is 1. The number of aromatic hydroxyl groups is 1. The third kappa shape index (κ3) is 8.49. The SMILES string of the molecule is CC(C)(C)NCC(O)c1ccc(O)c(C=O)c1.O=C(O)C(F)(F)F.